The Morgan fingerprint density at radius 1 is 1.58 bits per heavy atom. The molecule has 0 radical (unpaired) electrons. The maximum absolute atomic E-state index is 12.5. The molecule has 5 heteroatoms. The molecule has 0 aromatic carbocycles. The van der Waals surface area contributed by atoms with Crippen molar-refractivity contribution in [3.63, 3.8) is 0 Å². The molecule has 1 saturated carbocycles. The lowest BCUT2D eigenvalue weighted by Crippen LogP contribution is -2.35. The average Bonchev–Trinajstić information content (AvgIpc) is 2.84. The molecule has 1 aliphatic carbocycles. The summed E-state index contributed by atoms with van der Waals surface area (Å²) in [5.41, 5.74) is 0.927. The van der Waals surface area contributed by atoms with Gasteiger partial charge in [-0.3, -0.25) is 10.1 Å². The van der Waals surface area contributed by atoms with E-state index in [1.165, 1.54) is 5.56 Å². The van der Waals surface area contributed by atoms with E-state index in [2.05, 4.69) is 22.1 Å². The Bertz CT molecular complexity index is 454. The van der Waals surface area contributed by atoms with Crippen LogP contribution < -0.4 is 5.32 Å². The molecule has 2 aliphatic rings. The molecule has 1 atom stereocenters. The smallest absolute Gasteiger partial charge is 0.244 e. The quantitative estimate of drug-likeness (QED) is 0.898. The first-order valence-corrected chi connectivity index (χ1v) is 7.79. The molecular weight excluding hydrogens is 260 g/mol. The van der Waals surface area contributed by atoms with Crippen molar-refractivity contribution in [1.82, 2.24) is 10.2 Å². The van der Waals surface area contributed by atoms with E-state index in [1.807, 2.05) is 18.7 Å². The minimum atomic E-state index is -0.259. The lowest BCUT2D eigenvalue weighted by atomic mass is 10.2. The van der Waals surface area contributed by atoms with Gasteiger partial charge in [-0.2, -0.15) is 11.3 Å². The second-order valence-corrected chi connectivity index (χ2v) is 6.38. The summed E-state index contributed by atoms with van der Waals surface area (Å²) in [5.74, 6) is 0.246. The Labute approximate surface area is 117 Å². The van der Waals surface area contributed by atoms with Crippen LogP contribution >= 0.6 is 11.3 Å². The van der Waals surface area contributed by atoms with Gasteiger partial charge >= 0.3 is 0 Å². The predicted molar refractivity (Wildman–Crippen MR) is 75.0 cm³/mol. The molecule has 1 saturated heterocycles. The van der Waals surface area contributed by atoms with Gasteiger partial charge in [0.1, 0.15) is 11.7 Å². The van der Waals surface area contributed by atoms with Crippen LogP contribution in [0, 0.1) is 0 Å². The fraction of sp³-hybridized carbons (Fsp3) is 0.643. The third-order valence-corrected chi connectivity index (χ3v) is 4.49. The number of nitrogens with zero attached hydrogens (tertiary/aromatic N) is 1. The monoisotopic (exact) mass is 280 g/mol. The predicted octanol–water partition coefficient (Wildman–Crippen LogP) is 2.14. The van der Waals surface area contributed by atoms with Gasteiger partial charge in [-0.05, 0) is 49.1 Å². The summed E-state index contributed by atoms with van der Waals surface area (Å²) < 4.78 is 5.59. The van der Waals surface area contributed by atoms with Crippen molar-refractivity contribution >= 4 is 17.2 Å². The average molecular weight is 280 g/mol. The van der Waals surface area contributed by atoms with Gasteiger partial charge in [-0.1, -0.05) is 0 Å². The minimum Gasteiger partial charge on any atom is -0.377 e. The highest BCUT2D eigenvalue weighted by atomic mass is 32.1. The molecule has 1 N–H and O–H groups in total. The molecule has 1 spiro atoms. The Morgan fingerprint density at radius 3 is 2.95 bits per heavy atom. The maximum atomic E-state index is 12.5. The van der Waals surface area contributed by atoms with Crippen LogP contribution in [-0.2, 0) is 9.53 Å². The van der Waals surface area contributed by atoms with Crippen LogP contribution in [0.4, 0.5) is 0 Å². The van der Waals surface area contributed by atoms with Crippen LogP contribution in [0.15, 0.2) is 16.8 Å². The van der Waals surface area contributed by atoms with Gasteiger partial charge in [0.05, 0.1) is 12.7 Å². The first-order chi connectivity index (χ1) is 9.12. The lowest BCUT2D eigenvalue weighted by molar-refractivity contribution is -0.131. The summed E-state index contributed by atoms with van der Waals surface area (Å²) in [6.07, 6.45) is 2.17. The van der Waals surface area contributed by atoms with E-state index >= 15 is 0 Å². The SMILES string of the molecule is CC(C)OCCN1C(=O)C2(CC2)NC1c1ccsc1. The highest BCUT2D eigenvalue weighted by molar-refractivity contribution is 7.07. The van der Waals surface area contributed by atoms with Crippen molar-refractivity contribution in [2.45, 2.75) is 44.5 Å². The van der Waals surface area contributed by atoms with Crippen LogP contribution in [0.25, 0.3) is 0 Å². The zero-order chi connectivity index (χ0) is 13.5. The molecule has 104 valence electrons. The Hall–Kier alpha value is -0.910. The van der Waals surface area contributed by atoms with Crippen LogP contribution in [0.3, 0.4) is 0 Å². The van der Waals surface area contributed by atoms with E-state index in [9.17, 15) is 4.79 Å². The number of amides is 1. The van der Waals surface area contributed by atoms with E-state index < -0.39 is 0 Å². The maximum Gasteiger partial charge on any atom is 0.244 e. The van der Waals surface area contributed by atoms with E-state index in [4.69, 9.17) is 4.74 Å². The summed E-state index contributed by atoms with van der Waals surface area (Å²) in [6.45, 7) is 5.29. The van der Waals surface area contributed by atoms with Crippen molar-refractivity contribution in [3.8, 4) is 0 Å². The number of rotatable bonds is 5. The Morgan fingerprint density at radius 2 is 2.37 bits per heavy atom. The van der Waals surface area contributed by atoms with Gasteiger partial charge in [-0.25, -0.2) is 0 Å². The number of hydrogen-bond acceptors (Lipinski definition) is 4. The van der Waals surface area contributed by atoms with E-state index in [0.717, 1.165) is 12.8 Å². The van der Waals surface area contributed by atoms with Crippen molar-refractivity contribution in [2.75, 3.05) is 13.2 Å². The fourth-order valence-electron chi connectivity index (χ4n) is 2.59. The molecule has 1 aromatic rings. The molecule has 1 unspecified atom stereocenters. The fourth-order valence-corrected chi connectivity index (χ4v) is 3.27. The van der Waals surface area contributed by atoms with E-state index in [1.54, 1.807) is 11.3 Å². The molecule has 4 nitrogen and oxygen atoms in total. The first-order valence-electron chi connectivity index (χ1n) is 6.85. The van der Waals surface area contributed by atoms with Gasteiger partial charge < -0.3 is 9.64 Å². The minimum absolute atomic E-state index is 0.0250. The summed E-state index contributed by atoms with van der Waals surface area (Å²) in [5, 5.41) is 7.68. The highest BCUT2D eigenvalue weighted by Crippen LogP contribution is 2.45. The largest absolute Gasteiger partial charge is 0.377 e. The Balaban J connectivity index is 1.72. The van der Waals surface area contributed by atoms with E-state index in [0.29, 0.717) is 13.2 Å². The van der Waals surface area contributed by atoms with Gasteiger partial charge in [-0.15, -0.1) is 0 Å². The zero-order valence-electron chi connectivity index (χ0n) is 11.4. The standard InChI is InChI=1S/C14H20N2O2S/c1-10(2)18-7-6-16-12(11-3-8-19-9-11)15-14(4-5-14)13(16)17/h3,8-10,12,15H,4-7H2,1-2H3. The third kappa shape index (κ3) is 2.42. The number of nitrogens with one attached hydrogen (secondary N) is 1. The zero-order valence-corrected chi connectivity index (χ0v) is 12.2. The molecular formula is C14H20N2O2S. The molecule has 2 heterocycles. The molecule has 1 amide bonds. The van der Waals surface area contributed by atoms with Crippen LogP contribution in [-0.4, -0.2) is 35.6 Å². The summed E-state index contributed by atoms with van der Waals surface area (Å²) in [7, 11) is 0. The number of hydrogen-bond donors (Lipinski definition) is 1. The summed E-state index contributed by atoms with van der Waals surface area (Å²) in [4.78, 5) is 14.4. The second kappa shape index (κ2) is 4.89. The first kappa shape index (κ1) is 13.1. The normalized spacial score (nSPS) is 24.7. The highest BCUT2D eigenvalue weighted by Gasteiger charge is 2.59. The lowest BCUT2D eigenvalue weighted by Gasteiger charge is -2.24. The van der Waals surface area contributed by atoms with Gasteiger partial charge in [0.15, 0.2) is 0 Å². The molecule has 1 aromatic heterocycles. The second-order valence-electron chi connectivity index (χ2n) is 5.60. The van der Waals surface area contributed by atoms with Gasteiger partial charge in [0.2, 0.25) is 5.91 Å². The number of ether oxygens (including phenoxy) is 1. The molecule has 19 heavy (non-hydrogen) atoms. The van der Waals surface area contributed by atoms with Crippen molar-refractivity contribution in [3.05, 3.63) is 22.4 Å². The Kier molecular flexibility index (Phi) is 3.37. The van der Waals surface area contributed by atoms with Crippen LogP contribution in [0.1, 0.15) is 38.4 Å². The molecule has 3 rings (SSSR count). The number of thiophene rings is 1. The molecule has 0 bridgehead atoms. The topological polar surface area (TPSA) is 41.6 Å². The van der Waals surface area contributed by atoms with Crippen molar-refractivity contribution in [2.24, 2.45) is 0 Å². The van der Waals surface area contributed by atoms with Gasteiger partial charge in [0, 0.05) is 6.54 Å². The van der Waals surface area contributed by atoms with Crippen molar-refractivity contribution < 1.29 is 9.53 Å². The number of carbonyl (C=O) groups excluding carboxylic acids is 1. The third-order valence-electron chi connectivity index (χ3n) is 3.79. The molecule has 2 fully saturated rings. The van der Waals surface area contributed by atoms with Crippen LogP contribution in [0.5, 0.6) is 0 Å². The van der Waals surface area contributed by atoms with Crippen LogP contribution in [0.2, 0.25) is 0 Å². The molecule has 1 aliphatic heterocycles. The summed E-state index contributed by atoms with van der Waals surface area (Å²) >= 11 is 1.67. The van der Waals surface area contributed by atoms with Crippen molar-refractivity contribution in [1.29, 1.82) is 0 Å². The van der Waals surface area contributed by atoms with E-state index in [-0.39, 0.29) is 23.7 Å². The summed E-state index contributed by atoms with van der Waals surface area (Å²) in [6, 6.07) is 2.09. The van der Waals surface area contributed by atoms with Gasteiger partial charge in [0.25, 0.3) is 0 Å². The number of carbonyl (C=O) groups is 1.